The molecule has 2 aromatic heterocycles. The molecule has 2 heterocycles. The Labute approximate surface area is 163 Å². The molecule has 0 aliphatic heterocycles. The number of benzene rings is 2. The van der Waals surface area contributed by atoms with Crippen LogP contribution in [0.3, 0.4) is 0 Å². The lowest BCUT2D eigenvalue weighted by molar-refractivity contribution is 0.0985. The average Bonchev–Trinajstić information content (AvgIpc) is 3.10. The van der Waals surface area contributed by atoms with Gasteiger partial charge in [0, 0.05) is 16.8 Å². The predicted molar refractivity (Wildman–Crippen MR) is 106 cm³/mol. The maximum atomic E-state index is 13.2. The summed E-state index contributed by atoms with van der Waals surface area (Å²) in [5.41, 5.74) is 1.87. The van der Waals surface area contributed by atoms with Gasteiger partial charge in [-0.2, -0.15) is 0 Å². The smallest absolute Gasteiger partial charge is 0.260 e. The minimum absolute atomic E-state index is 0.255. The fourth-order valence-electron chi connectivity index (χ4n) is 2.63. The third-order valence-electron chi connectivity index (χ3n) is 3.95. The molecule has 1 amide bonds. The number of aromatic nitrogens is 2. The van der Waals surface area contributed by atoms with Crippen LogP contribution in [-0.2, 0) is 6.54 Å². The van der Waals surface area contributed by atoms with Crippen LogP contribution < -0.4 is 4.90 Å². The van der Waals surface area contributed by atoms with Gasteiger partial charge in [0.15, 0.2) is 5.13 Å². The monoisotopic (exact) mass is 397 g/mol. The number of anilines is 1. The summed E-state index contributed by atoms with van der Waals surface area (Å²) >= 11 is 7.44. The first-order valence-electron chi connectivity index (χ1n) is 8.13. The summed E-state index contributed by atoms with van der Waals surface area (Å²) in [5, 5.41) is 1.14. The van der Waals surface area contributed by atoms with Crippen LogP contribution in [-0.4, -0.2) is 15.9 Å². The van der Waals surface area contributed by atoms with E-state index >= 15 is 0 Å². The van der Waals surface area contributed by atoms with E-state index in [1.807, 2.05) is 30.3 Å². The Bertz CT molecular complexity index is 1100. The molecule has 2 aromatic carbocycles. The highest BCUT2D eigenvalue weighted by Gasteiger charge is 2.22. The number of carbonyl (C=O) groups excluding carboxylic acids is 1. The van der Waals surface area contributed by atoms with Crippen molar-refractivity contribution in [2.45, 2.75) is 6.54 Å². The Morgan fingerprint density at radius 1 is 1.11 bits per heavy atom. The van der Waals surface area contributed by atoms with Crippen molar-refractivity contribution in [2.24, 2.45) is 0 Å². The van der Waals surface area contributed by atoms with E-state index in [1.165, 1.54) is 35.6 Å². The van der Waals surface area contributed by atoms with Crippen LogP contribution in [0.5, 0.6) is 0 Å². The summed E-state index contributed by atoms with van der Waals surface area (Å²) in [6.07, 6.45) is 1.67. The number of thiazole rings is 1. The first-order valence-corrected chi connectivity index (χ1v) is 9.33. The van der Waals surface area contributed by atoms with E-state index in [0.717, 1.165) is 15.9 Å². The van der Waals surface area contributed by atoms with Crippen LogP contribution in [0.4, 0.5) is 9.52 Å². The Morgan fingerprint density at radius 2 is 1.93 bits per heavy atom. The molecule has 0 radical (unpaired) electrons. The predicted octanol–water partition coefficient (Wildman–Crippen LogP) is 5.33. The number of fused-ring (bicyclic) bond motifs is 1. The van der Waals surface area contributed by atoms with Crippen molar-refractivity contribution in [3.05, 3.63) is 89.0 Å². The number of hydrogen-bond acceptors (Lipinski definition) is 4. The fourth-order valence-corrected chi connectivity index (χ4v) is 3.87. The molecule has 0 N–H and O–H groups in total. The lowest BCUT2D eigenvalue weighted by atomic mass is 10.2. The summed E-state index contributed by atoms with van der Waals surface area (Å²) in [4.78, 5) is 23.6. The Morgan fingerprint density at radius 3 is 2.67 bits per heavy atom. The SMILES string of the molecule is O=C(c1ccc(F)cc1)N(Cc1ccccn1)c1nc2ccc(Cl)cc2s1. The van der Waals surface area contributed by atoms with Crippen molar-refractivity contribution < 1.29 is 9.18 Å². The highest BCUT2D eigenvalue weighted by molar-refractivity contribution is 7.22. The largest absolute Gasteiger partial charge is 0.278 e. The number of hydrogen-bond donors (Lipinski definition) is 0. The fraction of sp³-hybridized carbons (Fsp3) is 0.0500. The van der Waals surface area contributed by atoms with Crippen LogP contribution in [0.15, 0.2) is 66.9 Å². The second kappa shape index (κ2) is 7.42. The van der Waals surface area contributed by atoms with E-state index in [9.17, 15) is 9.18 Å². The van der Waals surface area contributed by atoms with Gasteiger partial charge in [0.05, 0.1) is 22.5 Å². The number of halogens is 2. The Balaban J connectivity index is 1.76. The van der Waals surface area contributed by atoms with E-state index in [-0.39, 0.29) is 12.5 Å². The molecule has 4 aromatic rings. The van der Waals surface area contributed by atoms with Gasteiger partial charge in [-0.3, -0.25) is 14.7 Å². The highest BCUT2D eigenvalue weighted by Crippen LogP contribution is 2.32. The molecule has 0 bridgehead atoms. The minimum Gasteiger partial charge on any atom is -0.278 e. The molecule has 0 fully saturated rings. The van der Waals surface area contributed by atoms with E-state index in [0.29, 0.717) is 15.7 Å². The minimum atomic E-state index is -0.391. The topological polar surface area (TPSA) is 46.1 Å². The second-order valence-electron chi connectivity index (χ2n) is 5.83. The summed E-state index contributed by atoms with van der Waals surface area (Å²) in [5.74, 6) is -0.664. The second-order valence-corrected chi connectivity index (χ2v) is 7.27. The molecule has 27 heavy (non-hydrogen) atoms. The molecular formula is C20H13ClFN3OS. The maximum Gasteiger partial charge on any atom is 0.260 e. The zero-order valence-corrected chi connectivity index (χ0v) is 15.5. The van der Waals surface area contributed by atoms with Gasteiger partial charge in [-0.05, 0) is 54.6 Å². The quantitative estimate of drug-likeness (QED) is 0.467. The molecule has 0 saturated carbocycles. The standard InChI is InChI=1S/C20H13ClFN3OS/c21-14-6-9-17-18(11-14)27-20(24-17)25(12-16-3-1-2-10-23-16)19(26)13-4-7-15(22)8-5-13/h1-11H,12H2. The average molecular weight is 398 g/mol. The molecule has 4 rings (SSSR count). The molecule has 134 valence electrons. The van der Waals surface area contributed by atoms with Gasteiger partial charge >= 0.3 is 0 Å². The number of nitrogens with zero attached hydrogens (tertiary/aromatic N) is 3. The number of amides is 1. The van der Waals surface area contributed by atoms with Gasteiger partial charge < -0.3 is 0 Å². The zero-order chi connectivity index (χ0) is 18.8. The van der Waals surface area contributed by atoms with Crippen molar-refractivity contribution in [2.75, 3.05) is 4.90 Å². The van der Waals surface area contributed by atoms with Crippen molar-refractivity contribution in [3.8, 4) is 0 Å². The highest BCUT2D eigenvalue weighted by atomic mass is 35.5. The summed E-state index contributed by atoms with van der Waals surface area (Å²) in [6.45, 7) is 0.255. The third kappa shape index (κ3) is 3.82. The Hall–Kier alpha value is -2.83. The van der Waals surface area contributed by atoms with Crippen molar-refractivity contribution in [1.29, 1.82) is 0 Å². The molecular weight excluding hydrogens is 385 g/mol. The van der Waals surface area contributed by atoms with E-state index < -0.39 is 5.82 Å². The van der Waals surface area contributed by atoms with Crippen LogP contribution in [0.2, 0.25) is 5.02 Å². The molecule has 0 saturated heterocycles. The number of pyridine rings is 1. The normalized spacial score (nSPS) is 10.9. The molecule has 0 atom stereocenters. The first kappa shape index (κ1) is 17.6. The van der Waals surface area contributed by atoms with Gasteiger partial charge in [-0.25, -0.2) is 9.37 Å². The van der Waals surface area contributed by atoms with Crippen LogP contribution in [0.25, 0.3) is 10.2 Å². The van der Waals surface area contributed by atoms with E-state index in [4.69, 9.17) is 11.6 Å². The van der Waals surface area contributed by atoms with Gasteiger partial charge in [-0.1, -0.05) is 29.0 Å². The van der Waals surface area contributed by atoms with E-state index in [1.54, 1.807) is 17.2 Å². The number of carbonyl (C=O) groups is 1. The molecule has 0 aliphatic rings. The Kier molecular flexibility index (Phi) is 4.83. The van der Waals surface area contributed by atoms with Crippen LogP contribution in [0.1, 0.15) is 16.1 Å². The number of rotatable bonds is 4. The lowest BCUT2D eigenvalue weighted by Crippen LogP contribution is -2.30. The van der Waals surface area contributed by atoms with Crippen LogP contribution >= 0.6 is 22.9 Å². The summed E-state index contributed by atoms with van der Waals surface area (Å²) in [6, 6.07) is 16.4. The molecule has 4 nitrogen and oxygen atoms in total. The lowest BCUT2D eigenvalue weighted by Gasteiger charge is -2.19. The van der Waals surface area contributed by atoms with Crippen molar-refractivity contribution in [3.63, 3.8) is 0 Å². The molecule has 0 unspecified atom stereocenters. The van der Waals surface area contributed by atoms with Crippen molar-refractivity contribution in [1.82, 2.24) is 9.97 Å². The molecule has 0 aliphatic carbocycles. The summed E-state index contributed by atoms with van der Waals surface area (Å²) in [7, 11) is 0. The zero-order valence-electron chi connectivity index (χ0n) is 14.0. The van der Waals surface area contributed by atoms with Crippen molar-refractivity contribution >= 4 is 44.2 Å². The maximum absolute atomic E-state index is 13.2. The summed E-state index contributed by atoms with van der Waals surface area (Å²) < 4.78 is 14.1. The van der Waals surface area contributed by atoms with Gasteiger partial charge in [0.2, 0.25) is 0 Å². The molecule has 7 heteroatoms. The van der Waals surface area contributed by atoms with Gasteiger partial charge in [0.1, 0.15) is 5.82 Å². The third-order valence-corrected chi connectivity index (χ3v) is 5.23. The van der Waals surface area contributed by atoms with Gasteiger partial charge in [-0.15, -0.1) is 0 Å². The molecule has 0 spiro atoms. The van der Waals surface area contributed by atoms with Gasteiger partial charge in [0.25, 0.3) is 5.91 Å². The van der Waals surface area contributed by atoms with E-state index in [2.05, 4.69) is 9.97 Å². The van der Waals surface area contributed by atoms with Crippen LogP contribution in [0, 0.1) is 5.82 Å². The first-order chi connectivity index (χ1) is 13.1.